The highest BCUT2D eigenvalue weighted by atomic mass is 32.2. The molecule has 0 saturated carbocycles. The van der Waals surface area contributed by atoms with Gasteiger partial charge in [-0.1, -0.05) is 6.07 Å². The molecule has 1 amide bonds. The van der Waals surface area contributed by atoms with Gasteiger partial charge in [-0.05, 0) is 42.8 Å². The average Bonchev–Trinajstić information content (AvgIpc) is 3.00. The van der Waals surface area contributed by atoms with Gasteiger partial charge in [-0.3, -0.25) is 13.8 Å². The van der Waals surface area contributed by atoms with Crippen molar-refractivity contribution in [1.29, 1.82) is 0 Å². The first-order valence-electron chi connectivity index (χ1n) is 8.67. The van der Waals surface area contributed by atoms with E-state index in [9.17, 15) is 21.6 Å². The van der Waals surface area contributed by atoms with Crippen LogP contribution in [-0.4, -0.2) is 48.4 Å². The van der Waals surface area contributed by atoms with Crippen LogP contribution in [0, 0.1) is 0 Å². The molecule has 0 radical (unpaired) electrons. The molecule has 2 aromatic rings. The summed E-state index contributed by atoms with van der Waals surface area (Å²) >= 11 is 0. The number of amides is 1. The van der Waals surface area contributed by atoms with Crippen molar-refractivity contribution in [3.8, 4) is 5.75 Å². The third kappa shape index (κ3) is 4.98. The van der Waals surface area contributed by atoms with E-state index < -0.39 is 26.0 Å². The molecule has 1 heterocycles. The molecular formula is C18H21N3O6S2. The Kier molecular flexibility index (Phi) is 5.71. The first-order valence-corrected chi connectivity index (χ1v) is 12.2. The number of hydrogen-bond donors (Lipinski definition) is 2. The monoisotopic (exact) mass is 439 g/mol. The van der Waals surface area contributed by atoms with Crippen molar-refractivity contribution in [1.82, 2.24) is 0 Å². The lowest BCUT2D eigenvalue weighted by Gasteiger charge is -2.17. The molecule has 1 fully saturated rings. The van der Waals surface area contributed by atoms with Crippen LogP contribution in [0.4, 0.5) is 17.1 Å². The second-order valence-corrected chi connectivity index (χ2v) is 10.3. The topological polar surface area (TPSA) is 122 Å². The minimum Gasteiger partial charge on any atom is -0.495 e. The van der Waals surface area contributed by atoms with Crippen molar-refractivity contribution >= 4 is 43.0 Å². The Morgan fingerprint density at radius 2 is 1.93 bits per heavy atom. The minimum absolute atomic E-state index is 0.0887. The molecule has 2 N–H and O–H groups in total. The lowest BCUT2D eigenvalue weighted by atomic mass is 10.1. The zero-order valence-corrected chi connectivity index (χ0v) is 17.5. The first-order chi connectivity index (χ1) is 13.6. The summed E-state index contributed by atoms with van der Waals surface area (Å²) in [5, 5.41) is 2.68. The van der Waals surface area contributed by atoms with Crippen LogP contribution in [0.5, 0.6) is 5.75 Å². The largest absolute Gasteiger partial charge is 0.495 e. The molecule has 0 aromatic heterocycles. The maximum atomic E-state index is 12.6. The van der Waals surface area contributed by atoms with Gasteiger partial charge in [-0.25, -0.2) is 16.8 Å². The number of ether oxygens (including phenoxy) is 1. The van der Waals surface area contributed by atoms with E-state index in [1.54, 1.807) is 24.3 Å². The van der Waals surface area contributed by atoms with E-state index in [0.29, 0.717) is 30.1 Å². The normalized spacial score (nSPS) is 15.7. The molecule has 29 heavy (non-hydrogen) atoms. The fourth-order valence-electron chi connectivity index (χ4n) is 3.00. The number of sulfonamides is 2. The number of anilines is 3. The number of methoxy groups -OCH3 is 1. The molecule has 1 aliphatic rings. The molecule has 0 spiro atoms. The van der Waals surface area contributed by atoms with Crippen LogP contribution < -0.4 is 19.1 Å². The Balaban J connectivity index is 1.84. The minimum atomic E-state index is -3.54. The molecule has 2 aromatic carbocycles. The van der Waals surface area contributed by atoms with E-state index in [0.717, 1.165) is 6.26 Å². The van der Waals surface area contributed by atoms with E-state index in [1.165, 1.54) is 29.6 Å². The van der Waals surface area contributed by atoms with Gasteiger partial charge in [0.05, 0.1) is 30.5 Å². The quantitative estimate of drug-likeness (QED) is 0.708. The van der Waals surface area contributed by atoms with Crippen molar-refractivity contribution < 1.29 is 26.4 Å². The van der Waals surface area contributed by atoms with Gasteiger partial charge in [0.15, 0.2) is 0 Å². The SMILES string of the molecule is COc1ccc(NC(=O)c2cccc(N3CCCS3(=O)=O)c2)cc1NS(C)(=O)=O. The Morgan fingerprint density at radius 1 is 1.17 bits per heavy atom. The first kappa shape index (κ1) is 20.9. The van der Waals surface area contributed by atoms with Crippen LogP contribution >= 0.6 is 0 Å². The summed E-state index contributed by atoms with van der Waals surface area (Å²) in [6, 6.07) is 10.9. The van der Waals surface area contributed by atoms with Crippen molar-refractivity contribution in [2.75, 3.05) is 40.0 Å². The van der Waals surface area contributed by atoms with Crippen LogP contribution in [0.1, 0.15) is 16.8 Å². The van der Waals surface area contributed by atoms with Gasteiger partial charge >= 0.3 is 0 Å². The van der Waals surface area contributed by atoms with Gasteiger partial charge in [0.2, 0.25) is 20.0 Å². The smallest absolute Gasteiger partial charge is 0.255 e. The summed E-state index contributed by atoms with van der Waals surface area (Å²) in [6.07, 6.45) is 1.55. The molecule has 11 heteroatoms. The summed E-state index contributed by atoms with van der Waals surface area (Å²) in [4.78, 5) is 12.6. The van der Waals surface area contributed by atoms with E-state index in [4.69, 9.17) is 4.74 Å². The van der Waals surface area contributed by atoms with Gasteiger partial charge in [0.25, 0.3) is 5.91 Å². The van der Waals surface area contributed by atoms with Gasteiger partial charge in [-0.2, -0.15) is 0 Å². The van der Waals surface area contributed by atoms with Crippen LogP contribution in [-0.2, 0) is 20.0 Å². The molecule has 9 nitrogen and oxygen atoms in total. The van der Waals surface area contributed by atoms with Crippen molar-refractivity contribution in [2.45, 2.75) is 6.42 Å². The Morgan fingerprint density at radius 3 is 2.55 bits per heavy atom. The number of benzene rings is 2. The summed E-state index contributed by atoms with van der Waals surface area (Å²) in [5.74, 6) is -0.0700. The Hall–Kier alpha value is -2.79. The Bertz CT molecular complexity index is 1150. The molecule has 156 valence electrons. The number of nitrogens with zero attached hydrogens (tertiary/aromatic N) is 1. The van der Waals surface area contributed by atoms with E-state index >= 15 is 0 Å². The molecule has 0 unspecified atom stereocenters. The number of rotatable bonds is 6. The molecule has 1 aliphatic heterocycles. The van der Waals surface area contributed by atoms with Gasteiger partial charge in [0.1, 0.15) is 5.75 Å². The van der Waals surface area contributed by atoms with Crippen molar-refractivity contribution in [2.24, 2.45) is 0 Å². The third-order valence-electron chi connectivity index (χ3n) is 4.25. The van der Waals surface area contributed by atoms with Gasteiger partial charge in [0, 0.05) is 17.8 Å². The van der Waals surface area contributed by atoms with Gasteiger partial charge < -0.3 is 10.1 Å². The van der Waals surface area contributed by atoms with E-state index in [1.807, 2.05) is 0 Å². The van der Waals surface area contributed by atoms with Crippen molar-refractivity contribution in [3.63, 3.8) is 0 Å². The highest BCUT2D eigenvalue weighted by Crippen LogP contribution is 2.29. The second kappa shape index (κ2) is 7.91. The third-order valence-corrected chi connectivity index (χ3v) is 6.71. The standard InChI is InChI=1S/C18H21N3O6S2/c1-27-17-8-7-14(12-16(17)20-28(2,23)24)19-18(22)13-5-3-6-15(11-13)21-9-4-10-29(21,25)26/h3,5-8,11-12,20H,4,9-10H2,1-2H3,(H,19,22). The van der Waals surface area contributed by atoms with Crippen LogP contribution in [0.25, 0.3) is 0 Å². The predicted molar refractivity (Wildman–Crippen MR) is 112 cm³/mol. The average molecular weight is 440 g/mol. The second-order valence-electron chi connectivity index (χ2n) is 6.54. The molecule has 3 rings (SSSR count). The van der Waals surface area contributed by atoms with Crippen LogP contribution in [0.3, 0.4) is 0 Å². The fourth-order valence-corrected chi connectivity index (χ4v) is 5.12. The summed E-state index contributed by atoms with van der Waals surface area (Å²) in [7, 11) is -5.49. The highest BCUT2D eigenvalue weighted by molar-refractivity contribution is 7.93. The molecular weight excluding hydrogens is 418 g/mol. The maximum absolute atomic E-state index is 12.6. The maximum Gasteiger partial charge on any atom is 0.255 e. The fraction of sp³-hybridized carbons (Fsp3) is 0.278. The molecule has 0 aliphatic carbocycles. The van der Waals surface area contributed by atoms with Crippen molar-refractivity contribution in [3.05, 3.63) is 48.0 Å². The summed E-state index contributed by atoms with van der Waals surface area (Å²) in [6.45, 7) is 0.381. The lowest BCUT2D eigenvalue weighted by Crippen LogP contribution is -2.25. The van der Waals surface area contributed by atoms with Crippen LogP contribution in [0.15, 0.2) is 42.5 Å². The number of carbonyl (C=O) groups excluding carboxylic acids is 1. The molecule has 1 saturated heterocycles. The number of hydrogen-bond acceptors (Lipinski definition) is 6. The number of nitrogens with one attached hydrogen (secondary N) is 2. The highest BCUT2D eigenvalue weighted by Gasteiger charge is 2.28. The van der Waals surface area contributed by atoms with E-state index in [-0.39, 0.29) is 17.0 Å². The zero-order valence-electron chi connectivity index (χ0n) is 15.9. The molecule has 0 bridgehead atoms. The van der Waals surface area contributed by atoms with Crippen LogP contribution in [0.2, 0.25) is 0 Å². The summed E-state index contributed by atoms with van der Waals surface area (Å²) < 4.78 is 56.0. The van der Waals surface area contributed by atoms with Gasteiger partial charge in [-0.15, -0.1) is 0 Å². The number of carbonyl (C=O) groups is 1. The zero-order chi connectivity index (χ0) is 21.2. The predicted octanol–water partition coefficient (Wildman–Crippen LogP) is 1.86. The Labute approximate surface area is 169 Å². The summed E-state index contributed by atoms with van der Waals surface area (Å²) in [5.41, 5.74) is 1.24. The molecule has 0 atom stereocenters. The van der Waals surface area contributed by atoms with E-state index in [2.05, 4.69) is 10.0 Å². The lowest BCUT2D eigenvalue weighted by molar-refractivity contribution is 0.102.